The molecule has 14 heteroatoms. The quantitative estimate of drug-likeness (QED) is 0.0449. The van der Waals surface area contributed by atoms with E-state index in [0.29, 0.717) is 0 Å². The summed E-state index contributed by atoms with van der Waals surface area (Å²) in [5.74, 6) is 0.720. The molecule has 0 N–H and O–H groups in total. The van der Waals surface area contributed by atoms with Crippen molar-refractivity contribution in [2.24, 2.45) is 5.11 Å². The van der Waals surface area contributed by atoms with Gasteiger partial charge in [0.2, 0.25) is 0 Å². The van der Waals surface area contributed by atoms with Crippen molar-refractivity contribution < 1.29 is 52.1 Å². The van der Waals surface area contributed by atoms with E-state index in [1.165, 1.54) is 0 Å². The van der Waals surface area contributed by atoms with Gasteiger partial charge in [-0.2, -0.15) is 0 Å². The smallest absolute Gasteiger partial charge is 0.186 e. The van der Waals surface area contributed by atoms with Gasteiger partial charge in [0.05, 0.1) is 46.8 Å². The van der Waals surface area contributed by atoms with Crippen molar-refractivity contribution in [2.45, 2.75) is 94.1 Å². The second-order valence-electron chi connectivity index (χ2n) is 15.4. The number of benzene rings is 5. The summed E-state index contributed by atoms with van der Waals surface area (Å²) in [5.41, 5.74) is 14.6. The number of fused-ring (bicyclic) bond motifs is 1. The van der Waals surface area contributed by atoms with E-state index >= 15 is 0 Å². The molecule has 0 saturated carbocycles. The van der Waals surface area contributed by atoms with E-state index in [4.69, 9.17) is 52.1 Å². The van der Waals surface area contributed by atoms with Crippen LogP contribution in [0.2, 0.25) is 0 Å². The number of ether oxygens (including phenoxy) is 11. The van der Waals surface area contributed by atoms with E-state index < -0.39 is 67.6 Å². The molecule has 3 heterocycles. The second kappa shape index (κ2) is 22.4. The van der Waals surface area contributed by atoms with Crippen LogP contribution in [0.3, 0.4) is 0 Å². The predicted molar refractivity (Wildman–Crippen MR) is 230 cm³/mol. The van der Waals surface area contributed by atoms with Crippen molar-refractivity contribution in [2.75, 3.05) is 27.4 Å². The second-order valence-corrected chi connectivity index (χ2v) is 15.4. The van der Waals surface area contributed by atoms with Gasteiger partial charge in [-0.3, -0.25) is 0 Å². The highest BCUT2D eigenvalue weighted by atomic mass is 16.8. The number of nitrogens with zero attached hydrogens (tertiary/aromatic N) is 3. The Morgan fingerprint density at radius 1 is 0.556 bits per heavy atom. The Kier molecular flexibility index (Phi) is 15.8. The largest absolute Gasteiger partial charge is 0.497 e. The highest BCUT2D eigenvalue weighted by Gasteiger charge is 2.53. The van der Waals surface area contributed by atoms with Crippen LogP contribution in [0.4, 0.5) is 0 Å². The van der Waals surface area contributed by atoms with Crippen LogP contribution in [0.1, 0.15) is 34.1 Å². The molecule has 1 unspecified atom stereocenters. The maximum atomic E-state index is 10.00. The van der Waals surface area contributed by atoms with Crippen LogP contribution in [0, 0.1) is 0 Å². The van der Waals surface area contributed by atoms with Crippen molar-refractivity contribution in [3.05, 3.63) is 184 Å². The molecular weight excluding hydrogens is 807 g/mol. The van der Waals surface area contributed by atoms with Crippen molar-refractivity contribution in [1.82, 2.24) is 0 Å². The fraction of sp³-hybridized carbons (Fsp3) is 0.388. The number of hydrogen-bond donors (Lipinski definition) is 0. The molecule has 5 aromatic carbocycles. The average molecular weight is 860 g/mol. The molecule has 14 nitrogen and oxygen atoms in total. The summed E-state index contributed by atoms with van der Waals surface area (Å²) in [6, 6.07) is 45.9. The Balaban J connectivity index is 1.07. The fourth-order valence-electron chi connectivity index (χ4n) is 8.02. The molecule has 0 aliphatic carbocycles. The maximum Gasteiger partial charge on any atom is 0.186 e. The Bertz CT molecular complexity index is 2150. The fourth-order valence-corrected chi connectivity index (χ4v) is 8.02. The highest BCUT2D eigenvalue weighted by Crippen LogP contribution is 2.38. The zero-order valence-corrected chi connectivity index (χ0v) is 35.3. The molecule has 5 aromatic rings. The van der Waals surface area contributed by atoms with Gasteiger partial charge in [0.1, 0.15) is 54.5 Å². The topological polar surface area (TPSA) is 150 Å². The van der Waals surface area contributed by atoms with Crippen molar-refractivity contribution >= 4 is 0 Å². The first-order valence-corrected chi connectivity index (χ1v) is 21.1. The maximum absolute atomic E-state index is 10.00. The molecule has 0 spiro atoms. The lowest BCUT2D eigenvalue weighted by Gasteiger charge is -2.49. The monoisotopic (exact) mass is 859 g/mol. The zero-order chi connectivity index (χ0) is 43.2. The van der Waals surface area contributed by atoms with E-state index in [0.717, 1.165) is 33.6 Å². The van der Waals surface area contributed by atoms with Crippen molar-refractivity contribution in [1.29, 1.82) is 0 Å². The summed E-state index contributed by atoms with van der Waals surface area (Å²) in [4.78, 5) is 3.24. The molecule has 3 saturated heterocycles. The SMILES string of the molecule is COc1ccc(CO[C@H]2[C@@H]3O[C@H](c4ccccc4)OC[C@H]3OC(OC[C@H]3O[C@@H](OC)[C@H](OCc4ccccc4)[C@@H](OCc4ccccc4)[C@@H]3OCc3ccccc3)[C@H]2N=[N+]=[N-])cc1. The van der Waals surface area contributed by atoms with Gasteiger partial charge in [0.25, 0.3) is 0 Å². The standard InChI is InChI=1S/C49H53N3O11/c1-53-38-25-23-36(24-26-38)30-56-44-41(51-52-50)48(61-40-32-59-47(63-43(40)44)37-21-13-6-14-22-37)60-31-39-42(55-27-33-15-7-3-8-16-33)45(57-28-34-17-9-4-10-18-34)46(49(54-2)62-39)58-29-35-19-11-5-12-20-35/h3-26,39-49H,27-32H2,1-2H3/t39-,40-,41+,42-,43-,44-,45+,46-,47-,48?,49-/m1/s1. The van der Waals surface area contributed by atoms with Crippen LogP contribution in [0.25, 0.3) is 10.4 Å². The summed E-state index contributed by atoms with van der Waals surface area (Å²) in [7, 11) is 3.19. The first-order valence-electron chi connectivity index (χ1n) is 21.1. The molecule has 0 radical (unpaired) electrons. The molecule has 3 fully saturated rings. The van der Waals surface area contributed by atoms with E-state index in [1.807, 2.05) is 146 Å². The number of azide groups is 1. The van der Waals surface area contributed by atoms with E-state index in [9.17, 15) is 5.53 Å². The van der Waals surface area contributed by atoms with Gasteiger partial charge in [-0.15, -0.1) is 0 Å². The molecule has 0 aromatic heterocycles. The van der Waals surface area contributed by atoms with Crippen LogP contribution in [0.15, 0.2) is 151 Å². The molecule has 0 bridgehead atoms. The third-order valence-electron chi connectivity index (χ3n) is 11.3. The normalized spacial score (nSPS) is 28.1. The lowest BCUT2D eigenvalue weighted by molar-refractivity contribution is -0.358. The van der Waals surface area contributed by atoms with Gasteiger partial charge in [0.15, 0.2) is 18.9 Å². The Labute approximate surface area is 367 Å². The molecular formula is C49H53N3O11. The molecule has 63 heavy (non-hydrogen) atoms. The zero-order valence-electron chi connectivity index (χ0n) is 35.3. The Hall–Kier alpha value is -5.19. The van der Waals surface area contributed by atoms with Gasteiger partial charge in [-0.05, 0) is 39.9 Å². The van der Waals surface area contributed by atoms with Crippen LogP contribution in [0.5, 0.6) is 5.75 Å². The van der Waals surface area contributed by atoms with Gasteiger partial charge >= 0.3 is 0 Å². The summed E-state index contributed by atoms with van der Waals surface area (Å²) in [5, 5.41) is 4.23. The van der Waals surface area contributed by atoms with Gasteiger partial charge in [-0.25, -0.2) is 0 Å². The minimum absolute atomic E-state index is 0.0744. The molecule has 3 aliphatic rings. The molecule has 0 amide bonds. The first-order chi connectivity index (χ1) is 31.1. The number of rotatable bonds is 19. The van der Waals surface area contributed by atoms with Crippen LogP contribution in [-0.2, 0) is 73.8 Å². The third kappa shape index (κ3) is 11.5. The minimum atomic E-state index is -1.10. The lowest BCUT2D eigenvalue weighted by atomic mass is 9.95. The summed E-state index contributed by atoms with van der Waals surface area (Å²) >= 11 is 0. The third-order valence-corrected chi connectivity index (χ3v) is 11.3. The van der Waals surface area contributed by atoms with Gasteiger partial charge < -0.3 is 52.1 Å². The van der Waals surface area contributed by atoms with Crippen LogP contribution >= 0.6 is 0 Å². The number of methoxy groups -OCH3 is 2. The van der Waals surface area contributed by atoms with Gasteiger partial charge in [-0.1, -0.05) is 139 Å². The summed E-state index contributed by atoms with van der Waals surface area (Å²) < 4.78 is 70.9. The van der Waals surface area contributed by atoms with E-state index in [2.05, 4.69) is 10.0 Å². The molecule has 11 atom stereocenters. The Morgan fingerprint density at radius 2 is 1.08 bits per heavy atom. The van der Waals surface area contributed by atoms with Crippen molar-refractivity contribution in [3.8, 4) is 5.75 Å². The van der Waals surface area contributed by atoms with Crippen LogP contribution in [-0.4, -0.2) is 88.8 Å². The van der Waals surface area contributed by atoms with Gasteiger partial charge in [0, 0.05) is 17.6 Å². The number of hydrogen-bond acceptors (Lipinski definition) is 12. The summed E-state index contributed by atoms with van der Waals surface area (Å²) in [6.45, 7) is 1.09. The van der Waals surface area contributed by atoms with E-state index in [1.54, 1.807) is 14.2 Å². The molecule has 330 valence electrons. The summed E-state index contributed by atoms with van der Waals surface area (Å²) in [6.07, 6.45) is -7.68. The van der Waals surface area contributed by atoms with E-state index in [-0.39, 0.29) is 39.6 Å². The minimum Gasteiger partial charge on any atom is -0.497 e. The first kappa shape index (κ1) is 44.4. The predicted octanol–water partition coefficient (Wildman–Crippen LogP) is 8.24. The molecule has 8 rings (SSSR count). The lowest BCUT2D eigenvalue weighted by Crippen LogP contribution is -2.64. The average Bonchev–Trinajstić information content (AvgIpc) is 3.34. The molecule has 3 aliphatic heterocycles. The Morgan fingerprint density at radius 3 is 1.63 bits per heavy atom. The highest BCUT2D eigenvalue weighted by molar-refractivity contribution is 5.27. The van der Waals surface area contributed by atoms with Crippen LogP contribution < -0.4 is 4.74 Å². The van der Waals surface area contributed by atoms with Crippen molar-refractivity contribution in [3.63, 3.8) is 0 Å².